The molecule has 2 radical (unpaired) electrons. The minimum Gasteiger partial charge on any atom is -0.299 e. The molecule has 7 heteroatoms. The van der Waals surface area contributed by atoms with Crippen LogP contribution in [0, 0.1) is 30.6 Å². The molecule has 4 aromatic rings. The molecule has 0 unspecified atom stereocenters. The van der Waals surface area contributed by atoms with E-state index in [-0.39, 0.29) is 11.1 Å². The molecule has 0 aliphatic carbocycles. The third kappa shape index (κ3) is 5.84. The zero-order valence-electron chi connectivity index (χ0n) is 24.6. The van der Waals surface area contributed by atoms with Gasteiger partial charge < -0.3 is 0 Å². The van der Waals surface area contributed by atoms with E-state index in [0.29, 0.717) is 17.8 Å². The van der Waals surface area contributed by atoms with Gasteiger partial charge in [0.15, 0.2) is 5.65 Å². The molecule has 1 fully saturated rings. The van der Waals surface area contributed by atoms with E-state index in [1.807, 2.05) is 18.2 Å². The largest absolute Gasteiger partial charge is 0.330 e. The van der Waals surface area contributed by atoms with Gasteiger partial charge in [-0.3, -0.25) is 14.0 Å². The molecule has 0 atom stereocenters. The van der Waals surface area contributed by atoms with Gasteiger partial charge >= 0.3 is 5.69 Å². The number of pyridine rings is 1. The van der Waals surface area contributed by atoms with Crippen molar-refractivity contribution in [3.05, 3.63) is 81.3 Å². The maximum atomic E-state index is 13.0. The van der Waals surface area contributed by atoms with Crippen LogP contribution in [0.2, 0.25) is 5.54 Å². The summed E-state index contributed by atoms with van der Waals surface area (Å²) >= 11 is 0. The number of fused-ring (bicyclic) bond motifs is 1. The lowest BCUT2D eigenvalue weighted by Crippen LogP contribution is -2.35. The maximum Gasteiger partial charge on any atom is 0.330 e. The van der Waals surface area contributed by atoms with Crippen molar-refractivity contribution in [2.75, 3.05) is 13.1 Å². The van der Waals surface area contributed by atoms with E-state index >= 15 is 0 Å². The monoisotopic (exact) mass is 549 g/mol. The van der Waals surface area contributed by atoms with Crippen LogP contribution < -0.4 is 10.9 Å². The highest BCUT2D eigenvalue weighted by atomic mass is 28.2. The summed E-state index contributed by atoms with van der Waals surface area (Å²) in [5, 5.41) is 11.4. The molecule has 0 saturated carbocycles. The molecule has 2 aromatic heterocycles. The van der Waals surface area contributed by atoms with Crippen LogP contribution in [0.15, 0.2) is 53.3 Å². The third-order valence-corrected chi connectivity index (χ3v) is 9.89. The predicted octanol–water partition coefficient (Wildman–Crippen LogP) is 5.35. The smallest absolute Gasteiger partial charge is 0.299 e. The summed E-state index contributed by atoms with van der Waals surface area (Å²) in [6.45, 7) is 14.5. The minimum atomic E-state index is -0.0644. The van der Waals surface area contributed by atoms with Crippen LogP contribution in [0.25, 0.3) is 22.4 Å². The second kappa shape index (κ2) is 11.2. The van der Waals surface area contributed by atoms with Gasteiger partial charge in [0.2, 0.25) is 0 Å². The Morgan fingerprint density at radius 3 is 2.52 bits per heavy atom. The Balaban J connectivity index is 1.34. The summed E-state index contributed by atoms with van der Waals surface area (Å²) in [5.74, 6) is 0. The van der Waals surface area contributed by atoms with E-state index in [4.69, 9.17) is 4.98 Å². The zero-order chi connectivity index (χ0) is 28.6. The van der Waals surface area contributed by atoms with E-state index in [2.05, 4.69) is 75.9 Å². The molecule has 5 rings (SSSR count). The van der Waals surface area contributed by atoms with Crippen molar-refractivity contribution in [1.82, 2.24) is 19.0 Å². The summed E-state index contributed by atoms with van der Waals surface area (Å²) in [6, 6.07) is 19.1. The molecule has 0 amide bonds. The summed E-state index contributed by atoms with van der Waals surface area (Å²) in [7, 11) is 2.65. The van der Waals surface area contributed by atoms with Gasteiger partial charge in [-0.2, -0.15) is 5.26 Å². The van der Waals surface area contributed by atoms with Gasteiger partial charge in [-0.25, -0.2) is 9.78 Å². The molecule has 3 heterocycles. The van der Waals surface area contributed by atoms with E-state index < -0.39 is 0 Å². The molecule has 206 valence electrons. The second-order valence-electron chi connectivity index (χ2n) is 12.5. The third-order valence-electron chi connectivity index (χ3n) is 8.05. The van der Waals surface area contributed by atoms with Gasteiger partial charge in [-0.05, 0) is 91.7 Å². The molecule has 1 aliphatic rings. The van der Waals surface area contributed by atoms with Gasteiger partial charge in [-0.1, -0.05) is 50.2 Å². The van der Waals surface area contributed by atoms with Crippen LogP contribution >= 0.6 is 0 Å². The van der Waals surface area contributed by atoms with Crippen molar-refractivity contribution in [3.63, 3.8) is 0 Å². The van der Waals surface area contributed by atoms with Crippen molar-refractivity contribution in [3.8, 4) is 17.3 Å². The number of aryl methyl sites for hydroxylation is 2. The topological polar surface area (TPSA) is 66.8 Å². The highest BCUT2D eigenvalue weighted by Gasteiger charge is 2.22. The van der Waals surface area contributed by atoms with E-state index in [1.165, 1.54) is 34.7 Å². The molecular weight excluding hydrogens is 510 g/mol. The second-order valence-corrected chi connectivity index (χ2v) is 14.1. The SMILES string of the molecule is Cc1cccc([Si]C2CCN(Cc3ccc(C#N)c(-c4ccc5c(n4)n(C)c(=O)n5CC(C)(C)C)c3)CC2)c1C. The van der Waals surface area contributed by atoms with Gasteiger partial charge in [-0.15, -0.1) is 0 Å². The van der Waals surface area contributed by atoms with Gasteiger partial charge in [0.05, 0.1) is 32.4 Å². The number of aromatic nitrogens is 3. The van der Waals surface area contributed by atoms with Crippen LogP contribution in [0.3, 0.4) is 0 Å². The van der Waals surface area contributed by atoms with Crippen LogP contribution in [0.4, 0.5) is 0 Å². The normalized spacial score (nSPS) is 15.0. The summed E-state index contributed by atoms with van der Waals surface area (Å²) < 4.78 is 3.42. The standard InChI is InChI=1S/C33H39N5OSi/c1-22-8-7-9-30(23(22)2)40-26-14-16-37(17-15-26)20-24-10-11-25(19-34)27(18-24)28-12-13-29-31(35-28)36(6)32(39)38(29)21-33(3,4)5/h7-13,18,26H,14-17,20-21H2,1-6H3. The molecule has 2 aromatic carbocycles. The summed E-state index contributed by atoms with van der Waals surface area (Å²) in [6.07, 6.45) is 2.43. The zero-order valence-corrected chi connectivity index (χ0v) is 25.6. The van der Waals surface area contributed by atoms with E-state index in [1.54, 1.807) is 16.2 Å². The Labute approximate surface area is 240 Å². The lowest BCUT2D eigenvalue weighted by atomic mass is 9.97. The van der Waals surface area contributed by atoms with Gasteiger partial charge in [0.25, 0.3) is 0 Å². The lowest BCUT2D eigenvalue weighted by Gasteiger charge is -2.32. The number of likely N-dealkylation sites (tertiary alicyclic amines) is 1. The maximum absolute atomic E-state index is 13.0. The number of nitriles is 1. The summed E-state index contributed by atoms with van der Waals surface area (Å²) in [4.78, 5) is 20.4. The number of benzene rings is 2. The Morgan fingerprint density at radius 2 is 1.82 bits per heavy atom. The summed E-state index contributed by atoms with van der Waals surface area (Å²) in [5.41, 5.74) is 8.29. The quantitative estimate of drug-likeness (QED) is 0.304. The van der Waals surface area contributed by atoms with E-state index in [9.17, 15) is 10.1 Å². The highest BCUT2D eigenvalue weighted by Crippen LogP contribution is 2.28. The molecule has 6 nitrogen and oxygen atoms in total. The van der Waals surface area contributed by atoms with Crippen molar-refractivity contribution in [2.45, 2.75) is 66.1 Å². The Hall–Kier alpha value is -3.47. The van der Waals surface area contributed by atoms with Gasteiger partial charge in [0, 0.05) is 25.7 Å². The number of hydrogen-bond donors (Lipinski definition) is 0. The number of piperidine rings is 1. The van der Waals surface area contributed by atoms with Crippen LogP contribution in [-0.2, 0) is 20.1 Å². The Morgan fingerprint density at radius 1 is 1.07 bits per heavy atom. The van der Waals surface area contributed by atoms with E-state index in [0.717, 1.165) is 51.5 Å². The Bertz CT molecular complexity index is 1640. The number of nitrogens with zero attached hydrogens (tertiary/aromatic N) is 5. The molecule has 1 aliphatic heterocycles. The minimum absolute atomic E-state index is 0.0342. The van der Waals surface area contributed by atoms with Crippen molar-refractivity contribution < 1.29 is 0 Å². The fraction of sp³-hybridized carbons (Fsp3) is 0.424. The van der Waals surface area contributed by atoms with Crippen molar-refractivity contribution in [2.24, 2.45) is 12.5 Å². The number of rotatable bonds is 6. The first-order valence-corrected chi connectivity index (χ1v) is 15.3. The molecule has 1 saturated heterocycles. The molecular formula is C33H39N5OSi. The van der Waals surface area contributed by atoms with Crippen molar-refractivity contribution in [1.29, 1.82) is 5.26 Å². The lowest BCUT2D eigenvalue weighted by molar-refractivity contribution is 0.221. The Kier molecular flexibility index (Phi) is 7.85. The van der Waals surface area contributed by atoms with Crippen LogP contribution in [0.1, 0.15) is 55.9 Å². The number of imidazole rings is 1. The van der Waals surface area contributed by atoms with Gasteiger partial charge in [0.1, 0.15) is 0 Å². The van der Waals surface area contributed by atoms with Crippen LogP contribution in [-0.4, -0.2) is 41.6 Å². The number of hydrogen-bond acceptors (Lipinski definition) is 4. The van der Waals surface area contributed by atoms with Crippen LogP contribution in [0.5, 0.6) is 0 Å². The molecule has 0 N–H and O–H groups in total. The predicted molar refractivity (Wildman–Crippen MR) is 164 cm³/mol. The fourth-order valence-electron chi connectivity index (χ4n) is 5.67. The molecule has 0 bridgehead atoms. The average molecular weight is 550 g/mol. The highest BCUT2D eigenvalue weighted by molar-refractivity contribution is 6.55. The first kappa shape index (κ1) is 28.1. The molecule has 40 heavy (non-hydrogen) atoms. The first-order chi connectivity index (χ1) is 19.0. The average Bonchev–Trinajstić information content (AvgIpc) is 3.15. The van der Waals surface area contributed by atoms with Crippen molar-refractivity contribution >= 4 is 25.9 Å². The first-order valence-electron chi connectivity index (χ1n) is 14.2. The fourth-order valence-corrected chi connectivity index (χ4v) is 7.26. The molecule has 0 spiro atoms.